The Labute approximate surface area is 122 Å². The van der Waals surface area contributed by atoms with Crippen molar-refractivity contribution in [3.05, 3.63) is 48.1 Å². The standard InChI is InChI=1S/C17H25N3/c1-13(15-9-5-3-6-10-15)19-14(2)20-17(18)16-11-7-4-8-12-16/h4-5,7-11,13,16-17H,3,6,12,18H2,1-2H3,(H,19,20). The first-order chi connectivity index (χ1) is 9.66. The molecule has 3 unspecified atom stereocenters. The van der Waals surface area contributed by atoms with Crippen LogP contribution in [0.2, 0.25) is 0 Å². The van der Waals surface area contributed by atoms with Crippen LogP contribution in [0, 0.1) is 5.92 Å². The summed E-state index contributed by atoms with van der Waals surface area (Å²) >= 11 is 0. The number of nitrogens with zero attached hydrogens (tertiary/aromatic N) is 1. The van der Waals surface area contributed by atoms with Gasteiger partial charge in [0.05, 0.1) is 18.0 Å². The fourth-order valence-electron chi connectivity index (χ4n) is 2.56. The van der Waals surface area contributed by atoms with E-state index in [2.05, 4.69) is 54.8 Å². The van der Waals surface area contributed by atoms with Crippen molar-refractivity contribution in [1.82, 2.24) is 5.32 Å². The van der Waals surface area contributed by atoms with Crippen LogP contribution in [0.3, 0.4) is 0 Å². The molecule has 108 valence electrons. The van der Waals surface area contributed by atoms with Crippen LogP contribution in [-0.2, 0) is 0 Å². The molecule has 20 heavy (non-hydrogen) atoms. The Morgan fingerprint density at radius 2 is 2.20 bits per heavy atom. The normalized spacial score (nSPS) is 25.2. The zero-order valence-corrected chi connectivity index (χ0v) is 12.4. The second kappa shape index (κ2) is 7.25. The van der Waals surface area contributed by atoms with E-state index in [1.165, 1.54) is 5.57 Å². The monoisotopic (exact) mass is 271 g/mol. The third-order valence-electron chi connectivity index (χ3n) is 3.74. The molecule has 2 aliphatic rings. The van der Waals surface area contributed by atoms with Crippen molar-refractivity contribution < 1.29 is 0 Å². The summed E-state index contributed by atoms with van der Waals surface area (Å²) < 4.78 is 0. The second-order valence-corrected chi connectivity index (χ2v) is 5.46. The third kappa shape index (κ3) is 4.20. The molecule has 3 nitrogen and oxygen atoms in total. The maximum Gasteiger partial charge on any atom is 0.0951 e. The van der Waals surface area contributed by atoms with E-state index < -0.39 is 0 Å². The molecule has 0 aromatic rings. The van der Waals surface area contributed by atoms with Crippen LogP contribution in [0.1, 0.15) is 33.1 Å². The van der Waals surface area contributed by atoms with Crippen LogP contribution in [0.4, 0.5) is 0 Å². The second-order valence-electron chi connectivity index (χ2n) is 5.46. The number of amidine groups is 1. The van der Waals surface area contributed by atoms with Gasteiger partial charge in [-0.25, -0.2) is 0 Å². The van der Waals surface area contributed by atoms with Gasteiger partial charge in [-0.15, -0.1) is 0 Å². The first kappa shape index (κ1) is 14.8. The van der Waals surface area contributed by atoms with Gasteiger partial charge in [-0.05, 0) is 38.7 Å². The molecule has 2 aliphatic carbocycles. The molecule has 0 aliphatic heterocycles. The lowest BCUT2D eigenvalue weighted by molar-refractivity contribution is 0.475. The highest BCUT2D eigenvalue weighted by Crippen LogP contribution is 2.16. The Hall–Kier alpha value is -1.61. The van der Waals surface area contributed by atoms with Gasteiger partial charge in [0.15, 0.2) is 0 Å². The summed E-state index contributed by atoms with van der Waals surface area (Å²) in [5.41, 5.74) is 7.50. The lowest BCUT2D eigenvalue weighted by Crippen LogP contribution is -2.45. The molecule has 3 heteroatoms. The average molecular weight is 271 g/mol. The number of nitrogens with one attached hydrogen (secondary N) is 1. The predicted molar refractivity (Wildman–Crippen MR) is 86.5 cm³/mol. The van der Waals surface area contributed by atoms with E-state index in [1.807, 2.05) is 6.92 Å². The summed E-state index contributed by atoms with van der Waals surface area (Å²) in [5, 5.41) is 3.31. The molecule has 3 N–H and O–H groups in total. The highest BCUT2D eigenvalue weighted by atomic mass is 15.1. The Bertz CT molecular complexity index is 469. The number of hydrogen-bond donors (Lipinski definition) is 2. The molecule has 0 aromatic carbocycles. The van der Waals surface area contributed by atoms with E-state index in [4.69, 9.17) is 10.7 Å². The van der Waals surface area contributed by atoms with Crippen molar-refractivity contribution in [3.63, 3.8) is 0 Å². The van der Waals surface area contributed by atoms with Crippen LogP contribution in [-0.4, -0.2) is 18.0 Å². The molecule has 0 fully saturated rings. The highest BCUT2D eigenvalue weighted by molar-refractivity contribution is 5.80. The Morgan fingerprint density at radius 3 is 2.85 bits per heavy atom. The van der Waals surface area contributed by atoms with Crippen LogP contribution in [0.15, 0.2) is 53.1 Å². The van der Waals surface area contributed by atoms with Gasteiger partial charge in [-0.3, -0.25) is 4.99 Å². The van der Waals surface area contributed by atoms with Crippen molar-refractivity contribution in [1.29, 1.82) is 0 Å². The molecular formula is C17H25N3. The maximum absolute atomic E-state index is 6.20. The minimum Gasteiger partial charge on any atom is -0.358 e. The molecule has 0 aromatic heterocycles. The van der Waals surface area contributed by atoms with Crippen molar-refractivity contribution in [2.75, 3.05) is 0 Å². The largest absolute Gasteiger partial charge is 0.358 e. The topological polar surface area (TPSA) is 50.4 Å². The van der Waals surface area contributed by atoms with E-state index >= 15 is 0 Å². The van der Waals surface area contributed by atoms with Crippen LogP contribution >= 0.6 is 0 Å². The summed E-state index contributed by atoms with van der Waals surface area (Å²) in [6.07, 6.45) is 18.3. The summed E-state index contributed by atoms with van der Waals surface area (Å²) in [5.74, 6) is 1.25. The van der Waals surface area contributed by atoms with Gasteiger partial charge in [-0.1, -0.05) is 42.5 Å². The fraction of sp³-hybridized carbons (Fsp3) is 0.471. The molecule has 3 atom stereocenters. The van der Waals surface area contributed by atoms with Crippen LogP contribution in [0.5, 0.6) is 0 Å². The zero-order valence-electron chi connectivity index (χ0n) is 12.4. The maximum atomic E-state index is 6.20. The van der Waals surface area contributed by atoms with Gasteiger partial charge in [0.1, 0.15) is 0 Å². The minimum absolute atomic E-state index is 0.0805. The van der Waals surface area contributed by atoms with Gasteiger partial charge < -0.3 is 11.1 Å². The van der Waals surface area contributed by atoms with Gasteiger partial charge in [0.25, 0.3) is 0 Å². The summed E-state index contributed by atoms with van der Waals surface area (Å²) in [7, 11) is 0. The van der Waals surface area contributed by atoms with Gasteiger partial charge in [0.2, 0.25) is 0 Å². The molecule has 0 heterocycles. The van der Waals surface area contributed by atoms with Gasteiger partial charge >= 0.3 is 0 Å². The molecule has 0 spiro atoms. The first-order valence-corrected chi connectivity index (χ1v) is 7.43. The van der Waals surface area contributed by atoms with Crippen molar-refractivity contribution in [3.8, 4) is 0 Å². The van der Waals surface area contributed by atoms with E-state index in [0.29, 0.717) is 5.92 Å². The summed E-state index contributed by atoms with van der Waals surface area (Å²) in [6.45, 7) is 4.12. The highest BCUT2D eigenvalue weighted by Gasteiger charge is 2.15. The van der Waals surface area contributed by atoms with E-state index in [1.54, 1.807) is 0 Å². The first-order valence-electron chi connectivity index (χ1n) is 7.43. The van der Waals surface area contributed by atoms with E-state index in [0.717, 1.165) is 25.1 Å². The average Bonchev–Trinajstić information content (AvgIpc) is 2.49. The SMILES string of the molecule is CC(=NC(C)C1=CCCC=C1)NC(N)C1C=CC=CC1. The summed E-state index contributed by atoms with van der Waals surface area (Å²) in [4.78, 5) is 4.70. The number of hydrogen-bond acceptors (Lipinski definition) is 2. The number of aliphatic imine (C=N–C) groups is 1. The minimum atomic E-state index is -0.0805. The third-order valence-corrected chi connectivity index (χ3v) is 3.74. The molecule has 0 bridgehead atoms. The molecular weight excluding hydrogens is 246 g/mol. The van der Waals surface area contributed by atoms with Crippen molar-refractivity contribution in [2.45, 2.75) is 45.3 Å². The van der Waals surface area contributed by atoms with Gasteiger partial charge in [-0.2, -0.15) is 0 Å². The molecule has 0 radical (unpaired) electrons. The number of nitrogens with two attached hydrogens (primary N) is 1. The molecule has 2 rings (SSSR count). The zero-order chi connectivity index (χ0) is 14.4. The van der Waals surface area contributed by atoms with Crippen molar-refractivity contribution >= 4 is 5.84 Å². The summed E-state index contributed by atoms with van der Waals surface area (Å²) in [6, 6.07) is 0.188. The lowest BCUT2D eigenvalue weighted by Gasteiger charge is -2.23. The molecule has 0 amide bonds. The van der Waals surface area contributed by atoms with Crippen LogP contribution in [0.25, 0.3) is 0 Å². The van der Waals surface area contributed by atoms with E-state index in [-0.39, 0.29) is 12.2 Å². The number of allylic oxidation sites excluding steroid dienone is 5. The predicted octanol–water partition coefficient (Wildman–Crippen LogP) is 3.08. The van der Waals surface area contributed by atoms with E-state index in [9.17, 15) is 0 Å². The van der Waals surface area contributed by atoms with Crippen molar-refractivity contribution in [2.24, 2.45) is 16.6 Å². The Kier molecular flexibility index (Phi) is 5.36. The Morgan fingerprint density at radius 1 is 1.35 bits per heavy atom. The Balaban J connectivity index is 1.89. The van der Waals surface area contributed by atoms with Gasteiger partial charge in [0, 0.05) is 5.92 Å². The fourth-order valence-corrected chi connectivity index (χ4v) is 2.56. The lowest BCUT2D eigenvalue weighted by atomic mass is 9.98. The number of rotatable bonds is 4. The smallest absolute Gasteiger partial charge is 0.0951 e. The molecule has 0 saturated carbocycles. The quantitative estimate of drug-likeness (QED) is 0.469. The van der Waals surface area contributed by atoms with Crippen LogP contribution < -0.4 is 11.1 Å². The molecule has 0 saturated heterocycles.